The molecule has 4 heteroatoms. The van der Waals surface area contributed by atoms with E-state index < -0.39 is 5.60 Å². The van der Waals surface area contributed by atoms with Crippen molar-refractivity contribution in [3.05, 3.63) is 24.0 Å². The van der Waals surface area contributed by atoms with Gasteiger partial charge in [0.15, 0.2) is 0 Å². The zero-order valence-electron chi connectivity index (χ0n) is 8.50. The van der Waals surface area contributed by atoms with Gasteiger partial charge >= 0.3 is 0 Å². The molecule has 1 rings (SSSR count). The first-order valence-corrected chi connectivity index (χ1v) is 4.63. The molecule has 14 heavy (non-hydrogen) atoms. The predicted octanol–water partition coefficient (Wildman–Crippen LogP) is 0.444. The number of hydrogen-bond donors (Lipinski definition) is 3. The Balaban J connectivity index is 2.26. The highest BCUT2D eigenvalue weighted by Crippen LogP contribution is 2.00. The first-order valence-electron chi connectivity index (χ1n) is 4.63. The first-order chi connectivity index (χ1) is 6.50. The van der Waals surface area contributed by atoms with Crippen molar-refractivity contribution in [3.63, 3.8) is 0 Å². The van der Waals surface area contributed by atoms with Crippen LogP contribution in [-0.2, 0) is 11.2 Å². The van der Waals surface area contributed by atoms with Crippen molar-refractivity contribution in [1.29, 1.82) is 0 Å². The van der Waals surface area contributed by atoms with Gasteiger partial charge in [0.2, 0.25) is 0 Å². The van der Waals surface area contributed by atoms with E-state index in [0.29, 0.717) is 6.54 Å². The van der Waals surface area contributed by atoms with Crippen molar-refractivity contribution in [2.24, 2.45) is 0 Å². The van der Waals surface area contributed by atoms with E-state index in [4.69, 9.17) is 0 Å². The van der Waals surface area contributed by atoms with Gasteiger partial charge in [-0.05, 0) is 26.0 Å². The lowest BCUT2D eigenvalue weighted by molar-refractivity contribution is -0.136. The van der Waals surface area contributed by atoms with Gasteiger partial charge < -0.3 is 15.4 Å². The molecule has 1 aromatic heterocycles. The molecule has 0 aliphatic carbocycles. The highest BCUT2D eigenvalue weighted by molar-refractivity contribution is 5.83. The van der Waals surface area contributed by atoms with Crippen molar-refractivity contribution < 1.29 is 9.90 Å². The number of aromatic amines is 1. The van der Waals surface area contributed by atoms with Gasteiger partial charge in [-0.2, -0.15) is 0 Å². The first kappa shape index (κ1) is 10.8. The van der Waals surface area contributed by atoms with Crippen LogP contribution in [0.4, 0.5) is 0 Å². The average Bonchev–Trinajstić information content (AvgIpc) is 2.55. The third-order valence-electron chi connectivity index (χ3n) is 1.90. The average molecular weight is 196 g/mol. The molecule has 1 amide bonds. The molecule has 0 bridgehead atoms. The maximum Gasteiger partial charge on any atom is 0.251 e. The zero-order chi connectivity index (χ0) is 10.6. The van der Waals surface area contributed by atoms with Crippen LogP contribution in [0.25, 0.3) is 0 Å². The Morgan fingerprint density at radius 2 is 2.36 bits per heavy atom. The molecular formula is C10H16N2O2. The highest BCUT2D eigenvalue weighted by Gasteiger charge is 2.22. The van der Waals surface area contributed by atoms with Gasteiger partial charge in [-0.15, -0.1) is 0 Å². The normalized spacial score (nSPS) is 11.4. The number of rotatable bonds is 4. The number of H-pyrrole nitrogens is 1. The lowest BCUT2D eigenvalue weighted by Gasteiger charge is -2.16. The lowest BCUT2D eigenvalue weighted by Crippen LogP contribution is -2.42. The monoisotopic (exact) mass is 196 g/mol. The maximum absolute atomic E-state index is 11.2. The second-order valence-electron chi connectivity index (χ2n) is 3.76. The van der Waals surface area contributed by atoms with E-state index in [2.05, 4.69) is 10.3 Å². The molecule has 1 heterocycles. The number of aromatic nitrogens is 1. The van der Waals surface area contributed by atoms with E-state index in [9.17, 15) is 9.90 Å². The van der Waals surface area contributed by atoms with Crippen LogP contribution in [0.15, 0.2) is 18.3 Å². The van der Waals surface area contributed by atoms with Crippen LogP contribution < -0.4 is 5.32 Å². The molecule has 0 atom stereocenters. The summed E-state index contributed by atoms with van der Waals surface area (Å²) >= 11 is 0. The number of carbonyl (C=O) groups excluding carboxylic acids is 1. The molecule has 0 unspecified atom stereocenters. The minimum atomic E-state index is -1.30. The van der Waals surface area contributed by atoms with Crippen molar-refractivity contribution in [2.75, 3.05) is 6.54 Å². The summed E-state index contributed by atoms with van der Waals surface area (Å²) in [5, 5.41) is 12.0. The molecule has 0 aliphatic rings. The summed E-state index contributed by atoms with van der Waals surface area (Å²) in [6.07, 6.45) is 2.59. The van der Waals surface area contributed by atoms with E-state index in [0.717, 1.165) is 12.1 Å². The summed E-state index contributed by atoms with van der Waals surface area (Å²) in [5.74, 6) is -0.343. The summed E-state index contributed by atoms with van der Waals surface area (Å²) in [4.78, 5) is 14.3. The fraction of sp³-hybridized carbons (Fsp3) is 0.500. The number of amides is 1. The minimum absolute atomic E-state index is 0.343. The standard InChI is InChI=1S/C10H16N2O2/c1-10(2,14)9(13)12-7-5-8-4-3-6-11-8/h3-4,6,11,14H,5,7H2,1-2H3,(H,12,13). The quantitative estimate of drug-likeness (QED) is 0.654. The van der Waals surface area contributed by atoms with Crippen LogP contribution in [-0.4, -0.2) is 28.1 Å². The smallest absolute Gasteiger partial charge is 0.251 e. The second kappa shape index (κ2) is 4.28. The van der Waals surface area contributed by atoms with Crippen molar-refractivity contribution in [3.8, 4) is 0 Å². The number of carbonyl (C=O) groups is 1. The third kappa shape index (κ3) is 3.22. The molecule has 1 aromatic rings. The second-order valence-corrected chi connectivity index (χ2v) is 3.76. The molecule has 0 aliphatic heterocycles. The summed E-state index contributed by atoms with van der Waals surface area (Å²) < 4.78 is 0. The SMILES string of the molecule is CC(C)(O)C(=O)NCCc1ccc[nH]1. The molecule has 4 nitrogen and oxygen atoms in total. The van der Waals surface area contributed by atoms with Gasteiger partial charge in [0.05, 0.1) is 0 Å². The number of nitrogens with one attached hydrogen (secondary N) is 2. The van der Waals surface area contributed by atoms with E-state index >= 15 is 0 Å². The van der Waals surface area contributed by atoms with E-state index in [1.165, 1.54) is 13.8 Å². The molecule has 3 N–H and O–H groups in total. The minimum Gasteiger partial charge on any atom is -0.381 e. The maximum atomic E-state index is 11.2. The molecule has 0 radical (unpaired) electrons. The molecule has 78 valence electrons. The topological polar surface area (TPSA) is 65.1 Å². The Morgan fingerprint density at radius 3 is 2.86 bits per heavy atom. The van der Waals surface area contributed by atoms with Crippen molar-refractivity contribution in [2.45, 2.75) is 25.9 Å². The summed E-state index contributed by atoms with van der Waals surface area (Å²) in [5.41, 5.74) is -0.225. The fourth-order valence-corrected chi connectivity index (χ4v) is 1.05. The summed E-state index contributed by atoms with van der Waals surface area (Å²) in [7, 11) is 0. The van der Waals surface area contributed by atoms with Crippen LogP contribution in [0, 0.1) is 0 Å². The van der Waals surface area contributed by atoms with Crippen LogP contribution >= 0.6 is 0 Å². The van der Waals surface area contributed by atoms with Crippen LogP contribution in [0.2, 0.25) is 0 Å². The summed E-state index contributed by atoms with van der Waals surface area (Å²) in [6.45, 7) is 3.47. The van der Waals surface area contributed by atoms with Crippen LogP contribution in [0.3, 0.4) is 0 Å². The van der Waals surface area contributed by atoms with Crippen molar-refractivity contribution in [1.82, 2.24) is 10.3 Å². The van der Waals surface area contributed by atoms with E-state index in [-0.39, 0.29) is 5.91 Å². The highest BCUT2D eigenvalue weighted by atomic mass is 16.3. The molecule has 0 saturated heterocycles. The Labute approximate surface area is 83.3 Å². The molecule has 0 spiro atoms. The van der Waals surface area contributed by atoms with E-state index in [1.54, 1.807) is 0 Å². The van der Waals surface area contributed by atoms with Crippen LogP contribution in [0.1, 0.15) is 19.5 Å². The Hall–Kier alpha value is -1.29. The largest absolute Gasteiger partial charge is 0.381 e. The van der Waals surface area contributed by atoms with Gasteiger partial charge in [-0.25, -0.2) is 0 Å². The Kier molecular flexibility index (Phi) is 3.30. The van der Waals surface area contributed by atoms with Crippen LogP contribution in [0.5, 0.6) is 0 Å². The molecule has 0 aromatic carbocycles. The lowest BCUT2D eigenvalue weighted by atomic mass is 10.1. The van der Waals surface area contributed by atoms with Gasteiger partial charge in [0.1, 0.15) is 5.60 Å². The molecule has 0 saturated carbocycles. The van der Waals surface area contributed by atoms with Gasteiger partial charge in [0.25, 0.3) is 5.91 Å². The third-order valence-corrected chi connectivity index (χ3v) is 1.90. The van der Waals surface area contributed by atoms with Gasteiger partial charge in [-0.1, -0.05) is 0 Å². The fourth-order valence-electron chi connectivity index (χ4n) is 1.05. The van der Waals surface area contributed by atoms with Crippen molar-refractivity contribution >= 4 is 5.91 Å². The molecular weight excluding hydrogens is 180 g/mol. The Morgan fingerprint density at radius 1 is 1.64 bits per heavy atom. The molecule has 0 fully saturated rings. The van der Waals surface area contributed by atoms with Gasteiger partial charge in [-0.3, -0.25) is 4.79 Å². The number of hydrogen-bond acceptors (Lipinski definition) is 2. The Bertz CT molecular complexity index is 286. The predicted molar refractivity (Wildman–Crippen MR) is 53.8 cm³/mol. The number of aliphatic hydroxyl groups is 1. The zero-order valence-corrected chi connectivity index (χ0v) is 8.50. The van der Waals surface area contributed by atoms with E-state index in [1.807, 2.05) is 18.3 Å². The van der Waals surface area contributed by atoms with Gasteiger partial charge in [0, 0.05) is 24.9 Å². The summed E-state index contributed by atoms with van der Waals surface area (Å²) in [6, 6.07) is 3.86.